The molecule has 0 heterocycles. The number of aliphatic hydroxyl groups excluding tert-OH is 1. The fraction of sp³-hybridized carbons (Fsp3) is 0.364. The van der Waals surface area contributed by atoms with Crippen LogP contribution in [-0.2, 0) is 0 Å². The zero-order valence-corrected chi connectivity index (χ0v) is 10.2. The van der Waals surface area contributed by atoms with Crippen LogP contribution in [0.3, 0.4) is 0 Å². The van der Waals surface area contributed by atoms with Crippen LogP contribution in [0, 0.1) is 17.5 Å². The van der Waals surface area contributed by atoms with Crippen molar-refractivity contribution < 1.29 is 41.4 Å². The van der Waals surface area contributed by atoms with Crippen LogP contribution in [0.4, 0.5) is 26.3 Å². The van der Waals surface area contributed by atoms with E-state index in [0.717, 1.165) is 0 Å². The van der Waals surface area contributed by atoms with Crippen LogP contribution in [0.2, 0.25) is 0 Å². The molecule has 0 aromatic heterocycles. The number of hydrogen-bond acceptors (Lipinski definition) is 3. The number of phenols is 1. The van der Waals surface area contributed by atoms with E-state index in [2.05, 4.69) is 0 Å². The van der Waals surface area contributed by atoms with Crippen LogP contribution < -0.4 is 0 Å². The van der Waals surface area contributed by atoms with Gasteiger partial charge in [-0.05, 0) is 6.07 Å². The third-order valence-corrected chi connectivity index (χ3v) is 2.39. The van der Waals surface area contributed by atoms with Crippen LogP contribution >= 0.6 is 0 Å². The summed E-state index contributed by atoms with van der Waals surface area (Å²) in [5, 5.41) is 17.5. The summed E-state index contributed by atoms with van der Waals surface area (Å²) < 4.78 is 76.2. The lowest BCUT2D eigenvalue weighted by Gasteiger charge is -2.23. The largest absolute Gasteiger partial charge is 0.503 e. The molecule has 0 aliphatic heterocycles. The first-order valence-electron chi connectivity index (χ1n) is 5.41. The SMILES string of the molecule is O=C(c1cc(F)c(F)c(O)c1F)N(CCO)CC(F)(F)F. The molecule has 1 aromatic rings. The molecule has 0 saturated heterocycles. The molecule has 21 heavy (non-hydrogen) atoms. The normalized spacial score (nSPS) is 11.6. The number of nitrogens with zero attached hydrogens (tertiary/aromatic N) is 1. The minimum absolute atomic E-state index is 0.00476. The lowest BCUT2D eigenvalue weighted by atomic mass is 10.1. The molecule has 0 aliphatic carbocycles. The number of alkyl halides is 3. The van der Waals surface area contributed by atoms with Crippen molar-refractivity contribution in [3.63, 3.8) is 0 Å². The Morgan fingerprint density at radius 2 is 1.76 bits per heavy atom. The second kappa shape index (κ2) is 6.20. The number of hydrogen-bond donors (Lipinski definition) is 2. The summed E-state index contributed by atoms with van der Waals surface area (Å²) in [5.41, 5.74) is -1.27. The molecule has 118 valence electrons. The summed E-state index contributed by atoms with van der Waals surface area (Å²) in [4.78, 5) is 11.7. The van der Waals surface area contributed by atoms with Crippen LogP contribution in [-0.4, -0.2) is 46.9 Å². The van der Waals surface area contributed by atoms with E-state index in [1.165, 1.54) is 0 Å². The van der Waals surface area contributed by atoms with Gasteiger partial charge in [-0.3, -0.25) is 4.79 Å². The molecule has 2 N–H and O–H groups in total. The quantitative estimate of drug-likeness (QED) is 0.658. The lowest BCUT2D eigenvalue weighted by molar-refractivity contribution is -0.141. The smallest absolute Gasteiger partial charge is 0.406 e. The summed E-state index contributed by atoms with van der Waals surface area (Å²) in [6.07, 6.45) is -4.85. The summed E-state index contributed by atoms with van der Waals surface area (Å²) in [7, 11) is 0. The third kappa shape index (κ3) is 4.00. The molecule has 0 aliphatic rings. The summed E-state index contributed by atoms with van der Waals surface area (Å²) in [5.74, 6) is -9.10. The van der Waals surface area contributed by atoms with Crippen molar-refractivity contribution in [2.45, 2.75) is 6.18 Å². The van der Waals surface area contributed by atoms with Gasteiger partial charge in [0, 0.05) is 6.54 Å². The Kier molecular flexibility index (Phi) is 5.05. The number of carbonyl (C=O) groups excluding carboxylic acids is 1. The molecular formula is C11H9F6NO3. The van der Waals surface area contributed by atoms with Crippen molar-refractivity contribution >= 4 is 5.91 Å². The molecule has 10 heteroatoms. The summed E-state index contributed by atoms with van der Waals surface area (Å²) in [6, 6.07) is 0.0352. The van der Waals surface area contributed by atoms with Gasteiger partial charge in [-0.25, -0.2) is 8.78 Å². The first-order valence-corrected chi connectivity index (χ1v) is 5.41. The van der Waals surface area contributed by atoms with Gasteiger partial charge in [-0.15, -0.1) is 0 Å². The maximum Gasteiger partial charge on any atom is 0.406 e. The van der Waals surface area contributed by atoms with Gasteiger partial charge < -0.3 is 15.1 Å². The van der Waals surface area contributed by atoms with Gasteiger partial charge in [0.05, 0.1) is 12.2 Å². The van der Waals surface area contributed by atoms with E-state index in [1.54, 1.807) is 0 Å². The highest BCUT2D eigenvalue weighted by atomic mass is 19.4. The van der Waals surface area contributed by atoms with Crippen molar-refractivity contribution in [3.8, 4) is 5.75 Å². The summed E-state index contributed by atoms with van der Waals surface area (Å²) in [6.45, 7) is -3.50. The van der Waals surface area contributed by atoms with Crippen LogP contribution in [0.1, 0.15) is 10.4 Å². The number of halogens is 6. The van der Waals surface area contributed by atoms with Crippen LogP contribution in [0.5, 0.6) is 5.75 Å². The standard InChI is InChI=1S/C11H9F6NO3/c12-6-3-5(7(13)9(20)8(6)14)10(21)18(1-2-19)4-11(15,16)17/h3,19-20H,1-2,4H2. The van der Waals surface area contributed by atoms with Gasteiger partial charge in [-0.2, -0.15) is 17.6 Å². The highest BCUT2D eigenvalue weighted by molar-refractivity contribution is 5.95. The summed E-state index contributed by atoms with van der Waals surface area (Å²) >= 11 is 0. The molecule has 1 rings (SSSR count). The zero-order chi connectivity index (χ0) is 16.4. The maximum absolute atomic E-state index is 13.5. The highest BCUT2D eigenvalue weighted by Gasteiger charge is 2.35. The van der Waals surface area contributed by atoms with Gasteiger partial charge in [0.1, 0.15) is 6.54 Å². The molecule has 0 unspecified atom stereocenters. The molecular weight excluding hydrogens is 308 g/mol. The fourth-order valence-electron chi connectivity index (χ4n) is 1.51. The Bertz CT molecular complexity index is 546. The average molecular weight is 317 g/mol. The molecule has 0 radical (unpaired) electrons. The minimum Gasteiger partial charge on any atom is -0.503 e. The molecule has 0 atom stereocenters. The van der Waals surface area contributed by atoms with Gasteiger partial charge in [-0.1, -0.05) is 0 Å². The Balaban J connectivity index is 3.21. The molecule has 0 fully saturated rings. The molecule has 0 bridgehead atoms. The van der Waals surface area contributed by atoms with E-state index in [4.69, 9.17) is 10.2 Å². The zero-order valence-electron chi connectivity index (χ0n) is 10.2. The molecule has 1 amide bonds. The lowest BCUT2D eigenvalue weighted by Crippen LogP contribution is -2.41. The number of aromatic hydroxyl groups is 1. The van der Waals surface area contributed by atoms with E-state index in [1.807, 2.05) is 0 Å². The van der Waals surface area contributed by atoms with Crippen molar-refractivity contribution in [1.29, 1.82) is 0 Å². The first kappa shape index (κ1) is 17.1. The predicted molar refractivity (Wildman–Crippen MR) is 57.0 cm³/mol. The number of carbonyl (C=O) groups is 1. The highest BCUT2D eigenvalue weighted by Crippen LogP contribution is 2.27. The second-order valence-electron chi connectivity index (χ2n) is 3.95. The molecule has 4 nitrogen and oxygen atoms in total. The van der Waals surface area contributed by atoms with Crippen LogP contribution in [0.25, 0.3) is 0 Å². The number of benzene rings is 1. The number of amides is 1. The van der Waals surface area contributed by atoms with Crippen molar-refractivity contribution in [3.05, 3.63) is 29.1 Å². The van der Waals surface area contributed by atoms with Crippen molar-refractivity contribution in [2.24, 2.45) is 0 Å². The van der Waals surface area contributed by atoms with E-state index in [-0.39, 0.29) is 11.0 Å². The van der Waals surface area contributed by atoms with E-state index in [9.17, 15) is 31.1 Å². The molecule has 1 aromatic carbocycles. The molecule has 0 spiro atoms. The van der Waals surface area contributed by atoms with Gasteiger partial charge >= 0.3 is 6.18 Å². The number of phenolic OH excluding ortho intramolecular Hbond substituents is 1. The Morgan fingerprint density at radius 3 is 2.24 bits per heavy atom. The topological polar surface area (TPSA) is 60.8 Å². The van der Waals surface area contributed by atoms with E-state index in [0.29, 0.717) is 0 Å². The number of aliphatic hydroxyl groups is 1. The maximum atomic E-state index is 13.5. The van der Waals surface area contributed by atoms with Crippen molar-refractivity contribution in [1.82, 2.24) is 4.90 Å². The Hall–Kier alpha value is -1.97. The second-order valence-corrected chi connectivity index (χ2v) is 3.95. The van der Waals surface area contributed by atoms with Crippen molar-refractivity contribution in [2.75, 3.05) is 19.7 Å². The molecule has 0 saturated carbocycles. The van der Waals surface area contributed by atoms with Gasteiger partial charge in [0.2, 0.25) is 5.82 Å². The monoisotopic (exact) mass is 317 g/mol. The fourth-order valence-corrected chi connectivity index (χ4v) is 1.51. The van der Waals surface area contributed by atoms with E-state index < -0.39 is 60.5 Å². The Labute approximate surface area is 114 Å². The first-order chi connectivity index (χ1) is 9.58. The van der Waals surface area contributed by atoms with Crippen LogP contribution in [0.15, 0.2) is 6.07 Å². The number of rotatable bonds is 4. The van der Waals surface area contributed by atoms with Gasteiger partial charge in [0.25, 0.3) is 5.91 Å². The third-order valence-electron chi connectivity index (χ3n) is 2.39. The Morgan fingerprint density at radius 1 is 1.19 bits per heavy atom. The predicted octanol–water partition coefficient (Wildman–Crippen LogP) is 1.81. The minimum atomic E-state index is -4.85. The van der Waals surface area contributed by atoms with Gasteiger partial charge in [0.15, 0.2) is 17.4 Å². The van der Waals surface area contributed by atoms with E-state index >= 15 is 0 Å². The average Bonchev–Trinajstić information content (AvgIpc) is 2.38.